The molecule has 2 aromatic rings. The monoisotopic (exact) mass is 243 g/mol. The number of nitrogens with one attached hydrogen (secondary N) is 1. The van der Waals surface area contributed by atoms with Gasteiger partial charge in [0.1, 0.15) is 0 Å². The van der Waals surface area contributed by atoms with Crippen molar-refractivity contribution in [3.63, 3.8) is 0 Å². The predicted octanol–water partition coefficient (Wildman–Crippen LogP) is 1.05. The molecule has 0 atom stereocenters. The molecule has 0 spiro atoms. The zero-order valence-electron chi connectivity index (χ0n) is 10.4. The maximum absolute atomic E-state index is 11.6. The van der Waals surface area contributed by atoms with E-state index in [1.165, 1.54) is 0 Å². The van der Waals surface area contributed by atoms with E-state index in [-0.39, 0.29) is 18.3 Å². The lowest BCUT2D eigenvalue weighted by atomic mass is 9.78. The Bertz CT molecular complexity index is 650. The number of fused-ring (bicyclic) bond motifs is 1. The van der Waals surface area contributed by atoms with Crippen LogP contribution < -0.4 is 11.0 Å². The van der Waals surface area contributed by atoms with Gasteiger partial charge in [-0.15, -0.1) is 0 Å². The molecule has 1 aliphatic rings. The summed E-state index contributed by atoms with van der Waals surface area (Å²) in [6.45, 7) is 4.57. The molecule has 18 heavy (non-hydrogen) atoms. The zero-order valence-corrected chi connectivity index (χ0v) is 10.4. The first kappa shape index (κ1) is 11.5. The van der Waals surface area contributed by atoms with E-state index < -0.39 is 0 Å². The average Bonchev–Trinajstić information content (AvgIpc) is 2.70. The Hall–Kier alpha value is -1.59. The summed E-state index contributed by atoms with van der Waals surface area (Å²) < 4.78 is 11.4. The van der Waals surface area contributed by atoms with Crippen LogP contribution in [-0.2, 0) is 9.31 Å². The molecule has 0 amide bonds. The molecule has 0 radical (unpaired) electrons. The molecule has 3 rings (SSSR count). The van der Waals surface area contributed by atoms with E-state index in [0.29, 0.717) is 12.0 Å². The summed E-state index contributed by atoms with van der Waals surface area (Å²) in [6, 6.07) is 7.50. The highest BCUT2D eigenvalue weighted by Crippen LogP contribution is 2.20. The van der Waals surface area contributed by atoms with Crippen molar-refractivity contribution in [2.24, 2.45) is 0 Å². The van der Waals surface area contributed by atoms with E-state index in [9.17, 15) is 4.79 Å². The summed E-state index contributed by atoms with van der Waals surface area (Å²) >= 11 is 0. The van der Waals surface area contributed by atoms with Crippen LogP contribution in [0.25, 0.3) is 10.8 Å². The largest absolute Gasteiger partial charge is 0.494 e. The third-order valence-corrected chi connectivity index (χ3v) is 3.08. The summed E-state index contributed by atoms with van der Waals surface area (Å²) in [4.78, 5) is 14.3. The van der Waals surface area contributed by atoms with E-state index in [1.54, 1.807) is 6.20 Å². The number of pyridine rings is 1. The molecule has 0 aliphatic carbocycles. The third-order valence-electron chi connectivity index (χ3n) is 3.08. The second-order valence-electron chi connectivity index (χ2n) is 5.17. The highest BCUT2D eigenvalue weighted by molar-refractivity contribution is 6.62. The molecule has 1 aromatic heterocycles. The summed E-state index contributed by atoms with van der Waals surface area (Å²) in [5.74, 6) is 0. The van der Waals surface area contributed by atoms with Gasteiger partial charge < -0.3 is 14.3 Å². The fraction of sp³-hybridized carbons (Fsp3) is 0.308. The minimum atomic E-state index is -0.344. The molecular weight excluding hydrogens is 229 g/mol. The topological polar surface area (TPSA) is 51.3 Å². The van der Waals surface area contributed by atoms with E-state index >= 15 is 0 Å². The number of benzene rings is 1. The molecule has 1 N–H and O–H groups in total. The number of rotatable bonds is 1. The van der Waals surface area contributed by atoms with Gasteiger partial charge in [0.25, 0.3) is 5.56 Å². The lowest BCUT2D eigenvalue weighted by molar-refractivity contribution is 0.137. The molecule has 1 saturated heterocycles. The van der Waals surface area contributed by atoms with Gasteiger partial charge in [0.2, 0.25) is 0 Å². The Labute approximate surface area is 105 Å². The molecule has 4 nitrogen and oxygen atoms in total. The Kier molecular flexibility index (Phi) is 2.54. The van der Waals surface area contributed by atoms with Crippen LogP contribution in [0.1, 0.15) is 13.8 Å². The quantitative estimate of drug-likeness (QED) is 0.761. The molecular formula is C13H14BNO3. The van der Waals surface area contributed by atoms with Gasteiger partial charge in [-0.25, -0.2) is 0 Å². The number of H-pyrrole nitrogens is 1. The van der Waals surface area contributed by atoms with Crippen molar-refractivity contribution in [2.45, 2.75) is 19.4 Å². The first-order chi connectivity index (χ1) is 8.55. The van der Waals surface area contributed by atoms with Crippen molar-refractivity contribution in [1.29, 1.82) is 0 Å². The van der Waals surface area contributed by atoms with E-state index in [0.717, 1.165) is 10.8 Å². The smallest absolute Gasteiger partial charge is 0.404 e. The number of aromatic amines is 1. The zero-order chi connectivity index (χ0) is 12.8. The Morgan fingerprint density at radius 2 is 2.17 bits per heavy atom. The van der Waals surface area contributed by atoms with E-state index in [2.05, 4.69) is 4.98 Å². The molecule has 5 heteroatoms. The summed E-state index contributed by atoms with van der Waals surface area (Å²) in [6.07, 6.45) is 1.65. The van der Waals surface area contributed by atoms with Crippen LogP contribution in [0.15, 0.2) is 35.3 Å². The number of hydrogen-bond acceptors (Lipinski definition) is 3. The molecule has 1 fully saturated rings. The maximum Gasteiger partial charge on any atom is 0.494 e. The van der Waals surface area contributed by atoms with Gasteiger partial charge in [0.05, 0.1) is 12.2 Å². The highest BCUT2D eigenvalue weighted by Gasteiger charge is 2.38. The average molecular weight is 243 g/mol. The molecule has 1 aliphatic heterocycles. The van der Waals surface area contributed by atoms with Crippen molar-refractivity contribution in [3.8, 4) is 0 Å². The lowest BCUT2D eigenvalue weighted by Gasteiger charge is -2.15. The van der Waals surface area contributed by atoms with Crippen LogP contribution >= 0.6 is 0 Å². The molecule has 2 heterocycles. The molecule has 1 aromatic carbocycles. The number of aromatic nitrogens is 1. The molecule has 92 valence electrons. The Morgan fingerprint density at radius 1 is 1.33 bits per heavy atom. The van der Waals surface area contributed by atoms with Crippen LogP contribution in [0.5, 0.6) is 0 Å². The van der Waals surface area contributed by atoms with Crippen LogP contribution in [0.4, 0.5) is 0 Å². The highest BCUT2D eigenvalue weighted by atomic mass is 16.7. The van der Waals surface area contributed by atoms with Crippen molar-refractivity contribution < 1.29 is 9.31 Å². The van der Waals surface area contributed by atoms with Gasteiger partial charge in [0.15, 0.2) is 0 Å². The molecule has 0 saturated carbocycles. The normalized spacial score (nSPS) is 18.4. The van der Waals surface area contributed by atoms with Gasteiger partial charge in [-0.2, -0.15) is 0 Å². The van der Waals surface area contributed by atoms with Crippen LogP contribution in [0, 0.1) is 0 Å². The van der Waals surface area contributed by atoms with Crippen LogP contribution in [-0.4, -0.2) is 24.3 Å². The minimum absolute atomic E-state index is 0.0763. The maximum atomic E-state index is 11.6. The Morgan fingerprint density at radius 3 is 2.89 bits per heavy atom. The second-order valence-corrected chi connectivity index (χ2v) is 5.17. The fourth-order valence-corrected chi connectivity index (χ4v) is 2.16. The van der Waals surface area contributed by atoms with Crippen molar-refractivity contribution in [1.82, 2.24) is 4.98 Å². The van der Waals surface area contributed by atoms with Gasteiger partial charge >= 0.3 is 7.12 Å². The summed E-state index contributed by atoms with van der Waals surface area (Å²) in [5.41, 5.74) is 0.611. The van der Waals surface area contributed by atoms with Gasteiger partial charge in [-0.3, -0.25) is 4.79 Å². The van der Waals surface area contributed by atoms with E-state index in [4.69, 9.17) is 9.31 Å². The molecule has 0 unspecified atom stereocenters. The minimum Gasteiger partial charge on any atom is -0.404 e. The van der Waals surface area contributed by atoms with Crippen LogP contribution in [0.2, 0.25) is 0 Å². The lowest BCUT2D eigenvalue weighted by Crippen LogP contribution is -2.34. The van der Waals surface area contributed by atoms with Crippen LogP contribution in [0.3, 0.4) is 0 Å². The second kappa shape index (κ2) is 3.97. The molecule has 0 bridgehead atoms. The fourth-order valence-electron chi connectivity index (χ4n) is 2.16. The van der Waals surface area contributed by atoms with E-state index in [1.807, 2.05) is 38.1 Å². The third kappa shape index (κ3) is 1.96. The van der Waals surface area contributed by atoms with Crippen molar-refractivity contribution in [3.05, 3.63) is 40.8 Å². The number of hydrogen-bond donors (Lipinski definition) is 1. The predicted molar refractivity (Wildman–Crippen MR) is 71.1 cm³/mol. The first-order valence-electron chi connectivity index (χ1n) is 5.96. The van der Waals surface area contributed by atoms with Gasteiger partial charge in [-0.1, -0.05) is 12.1 Å². The SMILES string of the molecule is CC1(C)COB(c2ccc3c(=O)[nH]ccc3c2)O1. The van der Waals surface area contributed by atoms with Crippen molar-refractivity contribution >= 4 is 23.4 Å². The summed E-state index contributed by atoms with van der Waals surface area (Å²) in [5, 5.41) is 1.58. The standard InChI is InChI=1S/C13H14BNO3/c1-13(2)8-17-14(18-13)10-3-4-11-9(7-10)5-6-15-12(11)16/h3-7H,8H2,1-2H3,(H,15,16). The van der Waals surface area contributed by atoms with Crippen molar-refractivity contribution in [2.75, 3.05) is 6.61 Å². The Balaban J connectivity index is 2.02. The first-order valence-corrected chi connectivity index (χ1v) is 5.96. The summed E-state index contributed by atoms with van der Waals surface area (Å²) in [7, 11) is -0.344. The van der Waals surface area contributed by atoms with Gasteiger partial charge in [-0.05, 0) is 36.8 Å². The van der Waals surface area contributed by atoms with Gasteiger partial charge in [0, 0.05) is 11.6 Å².